The molecule has 1 fully saturated rings. The van der Waals surface area contributed by atoms with Crippen molar-refractivity contribution < 1.29 is 13.2 Å². The van der Waals surface area contributed by atoms with Crippen LogP contribution in [-0.2, 0) is 21.4 Å². The van der Waals surface area contributed by atoms with Gasteiger partial charge in [0, 0.05) is 25.5 Å². The van der Waals surface area contributed by atoms with Gasteiger partial charge in [-0.25, -0.2) is 13.4 Å². The largest absolute Gasteiger partial charge is 0.372 e. The number of aryl methyl sites for hydroxylation is 1. The van der Waals surface area contributed by atoms with E-state index in [9.17, 15) is 8.42 Å². The smallest absolute Gasteiger partial charge is 0.254 e. The van der Waals surface area contributed by atoms with E-state index in [-0.39, 0.29) is 6.10 Å². The summed E-state index contributed by atoms with van der Waals surface area (Å²) in [4.78, 5) is 7.98. The third-order valence-corrected chi connectivity index (χ3v) is 6.75. The van der Waals surface area contributed by atoms with E-state index in [0.29, 0.717) is 30.3 Å². The summed E-state index contributed by atoms with van der Waals surface area (Å²) < 4.78 is 32.6. The van der Waals surface area contributed by atoms with Crippen LogP contribution in [0.4, 0.5) is 0 Å². The molecular formula is C14H17N3O3S2. The molecule has 8 heteroatoms. The van der Waals surface area contributed by atoms with E-state index >= 15 is 0 Å². The molecule has 1 saturated heterocycles. The Kier molecular flexibility index (Phi) is 4.53. The molecule has 0 bridgehead atoms. The SMILES string of the molecule is Cc1ncc(S(=O)(=O)N2CC[C@H](OCc3ccncc3)C2)s1. The van der Waals surface area contributed by atoms with Crippen LogP contribution in [0.3, 0.4) is 0 Å². The first kappa shape index (κ1) is 15.5. The summed E-state index contributed by atoms with van der Waals surface area (Å²) in [7, 11) is -3.43. The Hall–Kier alpha value is -1.35. The van der Waals surface area contributed by atoms with Crippen molar-refractivity contribution in [2.45, 2.75) is 30.3 Å². The third kappa shape index (κ3) is 3.35. The van der Waals surface area contributed by atoms with Crippen LogP contribution in [0.15, 0.2) is 34.9 Å². The van der Waals surface area contributed by atoms with E-state index in [1.54, 1.807) is 19.3 Å². The van der Waals surface area contributed by atoms with Gasteiger partial charge in [-0.05, 0) is 31.0 Å². The third-order valence-electron chi connectivity index (χ3n) is 3.54. The second-order valence-electron chi connectivity index (χ2n) is 5.14. The Labute approximate surface area is 133 Å². The van der Waals surface area contributed by atoms with E-state index < -0.39 is 10.0 Å². The fourth-order valence-corrected chi connectivity index (χ4v) is 5.08. The number of ether oxygens (including phenoxy) is 1. The van der Waals surface area contributed by atoms with E-state index in [0.717, 1.165) is 10.6 Å². The van der Waals surface area contributed by atoms with Gasteiger partial charge >= 0.3 is 0 Å². The van der Waals surface area contributed by atoms with Gasteiger partial charge in [0.1, 0.15) is 0 Å². The monoisotopic (exact) mass is 339 g/mol. The van der Waals surface area contributed by atoms with Crippen LogP contribution in [0.5, 0.6) is 0 Å². The molecular weight excluding hydrogens is 322 g/mol. The molecule has 0 amide bonds. The molecule has 2 aromatic rings. The Morgan fingerprint density at radius 2 is 2.18 bits per heavy atom. The maximum absolute atomic E-state index is 12.5. The van der Waals surface area contributed by atoms with Gasteiger partial charge in [0.05, 0.1) is 23.9 Å². The fourth-order valence-electron chi connectivity index (χ4n) is 2.33. The van der Waals surface area contributed by atoms with Crippen molar-refractivity contribution in [3.8, 4) is 0 Å². The molecule has 0 unspecified atom stereocenters. The average molecular weight is 339 g/mol. The minimum Gasteiger partial charge on any atom is -0.372 e. The summed E-state index contributed by atoms with van der Waals surface area (Å²) in [5.41, 5.74) is 1.04. The molecule has 2 aromatic heterocycles. The Morgan fingerprint density at radius 3 is 2.86 bits per heavy atom. The number of nitrogens with zero attached hydrogens (tertiary/aromatic N) is 3. The molecule has 118 valence electrons. The number of thiazole rings is 1. The second-order valence-corrected chi connectivity index (χ2v) is 8.54. The van der Waals surface area contributed by atoms with Crippen molar-refractivity contribution in [2.75, 3.05) is 13.1 Å². The zero-order valence-electron chi connectivity index (χ0n) is 12.2. The summed E-state index contributed by atoms with van der Waals surface area (Å²) in [6.07, 6.45) is 5.51. The van der Waals surface area contributed by atoms with E-state index in [2.05, 4.69) is 9.97 Å². The molecule has 1 aliphatic rings. The lowest BCUT2D eigenvalue weighted by atomic mass is 10.3. The molecule has 1 atom stereocenters. The standard InChI is InChI=1S/C14H17N3O3S2/c1-11-16-8-14(21-11)22(18,19)17-7-4-13(9-17)20-10-12-2-5-15-6-3-12/h2-3,5-6,8,13H,4,7,9-10H2,1H3/t13-/m0/s1. The van der Waals surface area contributed by atoms with Crippen LogP contribution >= 0.6 is 11.3 Å². The number of pyridine rings is 1. The number of rotatable bonds is 5. The fraction of sp³-hybridized carbons (Fsp3) is 0.429. The molecule has 1 aliphatic heterocycles. The van der Waals surface area contributed by atoms with Crippen molar-refractivity contribution in [3.63, 3.8) is 0 Å². The first-order valence-corrected chi connectivity index (χ1v) is 9.24. The topological polar surface area (TPSA) is 72.4 Å². The summed E-state index contributed by atoms with van der Waals surface area (Å²) >= 11 is 1.20. The van der Waals surface area contributed by atoms with Crippen LogP contribution < -0.4 is 0 Å². The molecule has 0 saturated carbocycles. The van der Waals surface area contributed by atoms with Crippen LogP contribution in [0.25, 0.3) is 0 Å². The lowest BCUT2D eigenvalue weighted by Gasteiger charge is -2.15. The van der Waals surface area contributed by atoms with Gasteiger partial charge in [-0.15, -0.1) is 11.3 Å². The first-order valence-electron chi connectivity index (χ1n) is 6.99. The number of hydrogen-bond acceptors (Lipinski definition) is 6. The van der Waals surface area contributed by atoms with E-state index in [1.165, 1.54) is 21.8 Å². The molecule has 3 rings (SSSR count). The van der Waals surface area contributed by atoms with Gasteiger partial charge in [-0.3, -0.25) is 4.98 Å². The van der Waals surface area contributed by atoms with Gasteiger partial charge in [0.15, 0.2) is 4.21 Å². The van der Waals surface area contributed by atoms with E-state index in [4.69, 9.17) is 4.74 Å². The van der Waals surface area contributed by atoms with Crippen molar-refractivity contribution in [3.05, 3.63) is 41.3 Å². The predicted molar refractivity (Wildman–Crippen MR) is 83.0 cm³/mol. The first-order chi connectivity index (χ1) is 10.6. The lowest BCUT2D eigenvalue weighted by molar-refractivity contribution is 0.0508. The normalized spacial score (nSPS) is 19.6. The van der Waals surface area contributed by atoms with Gasteiger partial charge < -0.3 is 4.74 Å². The molecule has 0 N–H and O–H groups in total. The van der Waals surface area contributed by atoms with Crippen LogP contribution in [0.2, 0.25) is 0 Å². The molecule has 22 heavy (non-hydrogen) atoms. The summed E-state index contributed by atoms with van der Waals surface area (Å²) in [5.74, 6) is 0. The van der Waals surface area contributed by atoms with Crippen molar-refractivity contribution >= 4 is 21.4 Å². The highest BCUT2D eigenvalue weighted by atomic mass is 32.2. The van der Waals surface area contributed by atoms with Gasteiger partial charge in [-0.1, -0.05) is 0 Å². The minimum absolute atomic E-state index is 0.0723. The van der Waals surface area contributed by atoms with Crippen molar-refractivity contribution in [2.24, 2.45) is 0 Å². The number of sulfonamides is 1. The zero-order valence-corrected chi connectivity index (χ0v) is 13.8. The Bertz CT molecular complexity index is 731. The average Bonchev–Trinajstić information content (AvgIpc) is 3.16. The highest BCUT2D eigenvalue weighted by Gasteiger charge is 2.34. The lowest BCUT2D eigenvalue weighted by Crippen LogP contribution is -2.29. The Morgan fingerprint density at radius 1 is 1.41 bits per heavy atom. The molecule has 0 radical (unpaired) electrons. The van der Waals surface area contributed by atoms with Gasteiger partial charge in [0.25, 0.3) is 10.0 Å². The van der Waals surface area contributed by atoms with Gasteiger partial charge in [-0.2, -0.15) is 4.31 Å². The summed E-state index contributed by atoms with van der Waals surface area (Å²) in [5, 5.41) is 0.753. The van der Waals surface area contributed by atoms with Crippen molar-refractivity contribution in [1.82, 2.24) is 14.3 Å². The molecule has 0 aliphatic carbocycles. The molecule has 6 nitrogen and oxygen atoms in total. The second kappa shape index (κ2) is 6.41. The number of aromatic nitrogens is 2. The predicted octanol–water partition coefficient (Wildman–Crippen LogP) is 1.83. The number of hydrogen-bond donors (Lipinski definition) is 0. The van der Waals surface area contributed by atoms with Crippen LogP contribution in [-0.4, -0.2) is 41.9 Å². The minimum atomic E-state index is -3.43. The van der Waals surface area contributed by atoms with Crippen LogP contribution in [0.1, 0.15) is 17.0 Å². The summed E-state index contributed by atoms with van der Waals surface area (Å²) in [6, 6.07) is 3.78. The van der Waals surface area contributed by atoms with Crippen LogP contribution in [0, 0.1) is 6.92 Å². The highest BCUT2D eigenvalue weighted by molar-refractivity contribution is 7.91. The summed E-state index contributed by atoms with van der Waals surface area (Å²) in [6.45, 7) is 3.15. The molecule has 0 spiro atoms. The molecule has 3 heterocycles. The quantitative estimate of drug-likeness (QED) is 0.831. The van der Waals surface area contributed by atoms with E-state index in [1.807, 2.05) is 12.1 Å². The maximum atomic E-state index is 12.5. The molecule has 0 aromatic carbocycles. The van der Waals surface area contributed by atoms with Crippen molar-refractivity contribution in [1.29, 1.82) is 0 Å². The maximum Gasteiger partial charge on any atom is 0.254 e. The zero-order chi connectivity index (χ0) is 15.6. The Balaban J connectivity index is 1.60. The highest BCUT2D eigenvalue weighted by Crippen LogP contribution is 2.26. The van der Waals surface area contributed by atoms with Gasteiger partial charge in [0.2, 0.25) is 0 Å².